The van der Waals surface area contributed by atoms with E-state index in [0.717, 1.165) is 39.7 Å². The normalized spacial score (nSPS) is 11.1. The van der Waals surface area contributed by atoms with Crippen molar-refractivity contribution < 1.29 is 9.53 Å². The predicted octanol–water partition coefficient (Wildman–Crippen LogP) is 5.14. The second kappa shape index (κ2) is 10.4. The Labute approximate surface area is 186 Å². The molecule has 5 nitrogen and oxygen atoms in total. The van der Waals surface area contributed by atoms with Crippen LogP contribution in [0.5, 0.6) is 5.75 Å². The second-order valence-corrected chi connectivity index (χ2v) is 8.20. The van der Waals surface area contributed by atoms with Gasteiger partial charge in [0.05, 0.1) is 19.1 Å². The molecule has 30 heavy (non-hydrogen) atoms. The third-order valence-electron chi connectivity index (χ3n) is 4.59. The number of benzene rings is 2. The fraction of sp³-hybridized carbons (Fsp3) is 0.217. The fourth-order valence-corrected chi connectivity index (χ4v) is 4.08. The molecule has 156 valence electrons. The van der Waals surface area contributed by atoms with E-state index in [-0.39, 0.29) is 5.91 Å². The van der Waals surface area contributed by atoms with E-state index >= 15 is 0 Å². The average molecular weight is 442 g/mol. The van der Waals surface area contributed by atoms with Crippen molar-refractivity contribution in [1.82, 2.24) is 9.99 Å². The van der Waals surface area contributed by atoms with Gasteiger partial charge in [-0.15, -0.1) is 11.8 Å². The van der Waals surface area contributed by atoms with Crippen molar-refractivity contribution >= 4 is 35.5 Å². The summed E-state index contributed by atoms with van der Waals surface area (Å²) in [6.45, 7) is 4.04. The van der Waals surface area contributed by atoms with E-state index in [4.69, 9.17) is 16.3 Å². The number of methoxy groups -OCH3 is 1. The molecule has 1 heterocycles. The maximum Gasteiger partial charge on any atom is 0.250 e. The van der Waals surface area contributed by atoms with E-state index in [1.54, 1.807) is 13.3 Å². The molecule has 0 aliphatic carbocycles. The van der Waals surface area contributed by atoms with Gasteiger partial charge in [-0.1, -0.05) is 29.8 Å². The number of hydrazone groups is 1. The number of ether oxygens (including phenoxy) is 1. The van der Waals surface area contributed by atoms with Gasteiger partial charge in [0.25, 0.3) is 0 Å². The molecule has 0 fully saturated rings. The van der Waals surface area contributed by atoms with Crippen LogP contribution < -0.4 is 10.2 Å². The maximum atomic E-state index is 12.1. The lowest BCUT2D eigenvalue weighted by Crippen LogP contribution is -2.19. The molecule has 7 heteroatoms. The summed E-state index contributed by atoms with van der Waals surface area (Å²) in [7, 11) is 1.64. The zero-order chi connectivity index (χ0) is 21.5. The van der Waals surface area contributed by atoms with Crippen LogP contribution >= 0.6 is 23.4 Å². The standard InChI is InChI=1S/C23H24ClN3O2S/c1-16-11-19(17(2)27(16)21-6-4-5-20(24)12-21)13-25-26-23(28)15-30-14-18-7-9-22(29-3)10-8-18/h4-13H,14-15H2,1-3H3,(H,26,28)/b25-13-. The van der Waals surface area contributed by atoms with E-state index in [9.17, 15) is 4.79 Å². The fourth-order valence-electron chi connectivity index (χ4n) is 3.12. The van der Waals surface area contributed by atoms with Crippen molar-refractivity contribution in [2.75, 3.05) is 12.9 Å². The van der Waals surface area contributed by atoms with Crippen LogP contribution in [0.1, 0.15) is 22.5 Å². The predicted molar refractivity (Wildman–Crippen MR) is 125 cm³/mol. The molecule has 0 saturated carbocycles. The van der Waals surface area contributed by atoms with Gasteiger partial charge in [-0.3, -0.25) is 4.79 Å². The van der Waals surface area contributed by atoms with E-state index in [1.807, 2.05) is 68.4 Å². The van der Waals surface area contributed by atoms with Gasteiger partial charge in [0.15, 0.2) is 0 Å². The summed E-state index contributed by atoms with van der Waals surface area (Å²) in [5, 5.41) is 4.81. The van der Waals surface area contributed by atoms with Gasteiger partial charge in [-0.25, -0.2) is 5.43 Å². The molecule has 0 saturated heterocycles. The zero-order valence-corrected chi connectivity index (χ0v) is 18.8. The molecule has 0 unspecified atom stereocenters. The summed E-state index contributed by atoms with van der Waals surface area (Å²) < 4.78 is 7.26. The smallest absolute Gasteiger partial charge is 0.250 e. The summed E-state index contributed by atoms with van der Waals surface area (Å²) in [4.78, 5) is 12.1. The third kappa shape index (κ3) is 5.68. The molecular formula is C23H24ClN3O2S. The van der Waals surface area contributed by atoms with E-state index in [2.05, 4.69) is 15.1 Å². The third-order valence-corrected chi connectivity index (χ3v) is 5.83. The highest BCUT2D eigenvalue weighted by atomic mass is 35.5. The molecule has 0 aliphatic heterocycles. The maximum absolute atomic E-state index is 12.1. The highest BCUT2D eigenvalue weighted by Gasteiger charge is 2.10. The quantitative estimate of drug-likeness (QED) is 0.389. The molecule has 3 rings (SSSR count). The van der Waals surface area contributed by atoms with Crippen LogP contribution in [-0.4, -0.2) is 29.6 Å². The topological polar surface area (TPSA) is 55.6 Å². The number of hydrogen-bond acceptors (Lipinski definition) is 4. The Morgan fingerprint density at radius 3 is 2.67 bits per heavy atom. The first-order chi connectivity index (χ1) is 14.5. The van der Waals surface area contributed by atoms with E-state index in [1.165, 1.54) is 11.8 Å². The van der Waals surface area contributed by atoms with Gasteiger partial charge in [0, 0.05) is 33.4 Å². The monoisotopic (exact) mass is 441 g/mol. The minimum Gasteiger partial charge on any atom is -0.497 e. The van der Waals surface area contributed by atoms with Crippen LogP contribution in [0.2, 0.25) is 5.02 Å². The number of amides is 1. The number of halogens is 1. The molecule has 1 N–H and O–H groups in total. The summed E-state index contributed by atoms with van der Waals surface area (Å²) in [5.74, 6) is 1.78. The summed E-state index contributed by atoms with van der Waals surface area (Å²) in [6, 6.07) is 17.6. The molecule has 0 aliphatic rings. The summed E-state index contributed by atoms with van der Waals surface area (Å²) in [5.41, 5.74) is 7.78. The lowest BCUT2D eigenvalue weighted by Gasteiger charge is -2.09. The van der Waals surface area contributed by atoms with Crippen molar-refractivity contribution in [1.29, 1.82) is 0 Å². The number of carbonyl (C=O) groups is 1. The molecule has 0 atom stereocenters. The van der Waals surface area contributed by atoms with Gasteiger partial charge < -0.3 is 9.30 Å². The first kappa shape index (κ1) is 22.0. The molecular weight excluding hydrogens is 418 g/mol. The molecule has 3 aromatic rings. The minimum atomic E-state index is -0.131. The van der Waals surface area contributed by atoms with Gasteiger partial charge in [-0.05, 0) is 55.8 Å². The van der Waals surface area contributed by atoms with Gasteiger partial charge in [0.2, 0.25) is 5.91 Å². The second-order valence-electron chi connectivity index (χ2n) is 6.78. The van der Waals surface area contributed by atoms with Crippen molar-refractivity contribution in [3.8, 4) is 11.4 Å². The lowest BCUT2D eigenvalue weighted by molar-refractivity contribution is -0.118. The van der Waals surface area contributed by atoms with Crippen LogP contribution in [0.15, 0.2) is 59.7 Å². The number of nitrogens with zero attached hydrogens (tertiary/aromatic N) is 2. The molecule has 0 radical (unpaired) electrons. The molecule has 1 aromatic heterocycles. The SMILES string of the molecule is COc1ccc(CSCC(=O)N/N=C\c2cc(C)n(-c3cccc(Cl)c3)c2C)cc1. The number of aromatic nitrogens is 1. The van der Waals surface area contributed by atoms with Crippen LogP contribution in [0.3, 0.4) is 0 Å². The van der Waals surface area contributed by atoms with Gasteiger partial charge in [0.1, 0.15) is 5.75 Å². The average Bonchev–Trinajstić information content (AvgIpc) is 3.01. The van der Waals surface area contributed by atoms with E-state index < -0.39 is 0 Å². The summed E-state index contributed by atoms with van der Waals surface area (Å²) >= 11 is 7.66. The number of rotatable bonds is 8. The van der Waals surface area contributed by atoms with Crippen molar-refractivity contribution in [2.45, 2.75) is 19.6 Å². The Morgan fingerprint density at radius 1 is 1.20 bits per heavy atom. The Bertz CT molecular complexity index is 1050. The van der Waals surface area contributed by atoms with Crippen molar-refractivity contribution in [3.63, 3.8) is 0 Å². The lowest BCUT2D eigenvalue weighted by atomic mass is 10.2. The molecule has 0 spiro atoms. The number of aryl methyl sites for hydroxylation is 1. The number of carbonyl (C=O) groups excluding carboxylic acids is 1. The highest BCUT2D eigenvalue weighted by molar-refractivity contribution is 7.99. The number of nitrogens with one attached hydrogen (secondary N) is 1. The van der Waals surface area contributed by atoms with Crippen LogP contribution in [0.25, 0.3) is 5.69 Å². The number of thioether (sulfide) groups is 1. The van der Waals surface area contributed by atoms with Crippen LogP contribution in [0.4, 0.5) is 0 Å². The van der Waals surface area contributed by atoms with Crippen LogP contribution in [0, 0.1) is 13.8 Å². The molecule has 0 bridgehead atoms. The highest BCUT2D eigenvalue weighted by Crippen LogP contribution is 2.22. The Morgan fingerprint density at radius 2 is 1.97 bits per heavy atom. The molecule has 2 aromatic carbocycles. The van der Waals surface area contributed by atoms with E-state index in [0.29, 0.717) is 10.8 Å². The Hall–Kier alpha value is -2.70. The molecule has 1 amide bonds. The Kier molecular flexibility index (Phi) is 7.60. The minimum absolute atomic E-state index is 0.131. The first-order valence-electron chi connectivity index (χ1n) is 9.45. The van der Waals surface area contributed by atoms with Gasteiger partial charge >= 0.3 is 0 Å². The summed E-state index contributed by atoms with van der Waals surface area (Å²) in [6.07, 6.45) is 1.68. The zero-order valence-electron chi connectivity index (χ0n) is 17.2. The van der Waals surface area contributed by atoms with Crippen molar-refractivity contribution in [2.24, 2.45) is 5.10 Å². The number of hydrogen-bond donors (Lipinski definition) is 1. The largest absolute Gasteiger partial charge is 0.497 e. The Balaban J connectivity index is 1.53. The van der Waals surface area contributed by atoms with Gasteiger partial charge in [-0.2, -0.15) is 5.10 Å². The first-order valence-corrected chi connectivity index (χ1v) is 11.0. The van der Waals surface area contributed by atoms with Crippen molar-refractivity contribution in [3.05, 3.63) is 82.1 Å². The van der Waals surface area contributed by atoms with Crippen LogP contribution in [-0.2, 0) is 10.5 Å².